The van der Waals surface area contributed by atoms with Gasteiger partial charge in [0.05, 0.1) is 25.6 Å². The number of nitrogens with two attached hydrogens (primary N) is 1. The molecule has 11 N–H and O–H groups in total. The molecule has 1 fully saturated rings. The largest absolute Gasteiger partial charge is 0.481 e. The maximum Gasteiger partial charge on any atom is 0.481 e. The first-order valence-electron chi connectivity index (χ1n) is 18.7. The van der Waals surface area contributed by atoms with E-state index < -0.39 is 90.7 Å². The number of thioether (sulfide) groups is 1. The van der Waals surface area contributed by atoms with Crippen LogP contribution in [0.3, 0.4) is 0 Å². The van der Waals surface area contributed by atoms with Gasteiger partial charge in [0.2, 0.25) is 11.8 Å². The van der Waals surface area contributed by atoms with Gasteiger partial charge in [0, 0.05) is 37.1 Å². The zero-order valence-corrected chi connectivity index (χ0v) is 36.5. The van der Waals surface area contributed by atoms with Gasteiger partial charge in [-0.3, -0.25) is 32.5 Å². The average molecular weight is 938 g/mol. The molecule has 8 atom stereocenters. The van der Waals surface area contributed by atoms with Gasteiger partial charge in [0.25, 0.3) is 0 Å². The fourth-order valence-corrected chi connectivity index (χ4v) is 9.20. The van der Waals surface area contributed by atoms with E-state index in [1.807, 2.05) is 0 Å². The summed E-state index contributed by atoms with van der Waals surface area (Å²) in [4.78, 5) is 87.9. The molecule has 2 aromatic rings. The zero-order chi connectivity index (χ0) is 44.9. The number of phosphoric acid groups is 3. The number of aliphatic hydroxyl groups excluding tert-OH is 3. The SMILES string of the molecule is CCCCCCC[C@H](O)CC(=O)SCCNC(=O)CCNC(=O)[C@H](O)C(C)(C)COP(=O)(O)OP(=O)(O)OC[C@H]1O[C@@H](n2cnc3c(N)ncnc32)C(O)[C@H]1OP(=O)(O)O. The number of rotatable bonds is 27. The van der Waals surface area contributed by atoms with Gasteiger partial charge in [0.1, 0.15) is 36.3 Å². The highest BCUT2D eigenvalue weighted by atomic mass is 32.2. The number of aliphatic hydroxyl groups is 3. The number of carbonyl (C=O) groups is 3. The summed E-state index contributed by atoms with van der Waals surface area (Å²) in [5.74, 6) is -1.23. The first kappa shape index (κ1) is 51.9. The van der Waals surface area contributed by atoms with Crippen LogP contribution in [0.4, 0.5) is 5.82 Å². The Labute approximate surface area is 348 Å². The number of phosphoric ester groups is 3. The fraction of sp³-hybridized carbons (Fsp3) is 0.742. The fourth-order valence-electron chi connectivity index (χ4n) is 5.63. The number of aromatic nitrogens is 4. The number of nitrogens with zero attached hydrogens (tertiary/aromatic N) is 4. The van der Waals surface area contributed by atoms with Gasteiger partial charge in [-0.1, -0.05) is 64.6 Å². The molecule has 0 bridgehead atoms. The van der Waals surface area contributed by atoms with Crippen LogP contribution in [-0.4, -0.2) is 134 Å². The van der Waals surface area contributed by atoms with Crippen LogP contribution >= 0.6 is 35.2 Å². The molecule has 1 aliphatic heterocycles. The van der Waals surface area contributed by atoms with Crippen LogP contribution in [0.15, 0.2) is 12.7 Å². The van der Waals surface area contributed by atoms with Crippen LogP contribution in [0.1, 0.15) is 78.4 Å². The third-order valence-corrected chi connectivity index (χ3v) is 12.8. The quantitative estimate of drug-likeness (QED) is 0.0437. The highest BCUT2D eigenvalue weighted by Crippen LogP contribution is 2.61. The number of hydrogen-bond donors (Lipinski definition) is 10. The number of amides is 2. The predicted molar refractivity (Wildman–Crippen MR) is 211 cm³/mol. The molecule has 3 heterocycles. The third-order valence-electron chi connectivity index (χ3n) is 8.81. The van der Waals surface area contributed by atoms with Crippen LogP contribution in [0.25, 0.3) is 11.2 Å². The Hall–Kier alpha value is -2.48. The number of hydrogen-bond acceptors (Lipinski definition) is 19. The van der Waals surface area contributed by atoms with Crippen LogP contribution < -0.4 is 16.4 Å². The maximum absolute atomic E-state index is 12.7. The molecule has 2 amide bonds. The molecule has 29 heteroatoms. The third kappa shape index (κ3) is 17.0. The summed E-state index contributed by atoms with van der Waals surface area (Å²) in [5.41, 5.74) is 4.25. The second-order valence-electron chi connectivity index (χ2n) is 14.4. The van der Waals surface area contributed by atoms with E-state index in [9.17, 15) is 63.0 Å². The number of ether oxygens (including phenoxy) is 1. The van der Waals surface area contributed by atoms with Crippen molar-refractivity contribution < 1.29 is 85.6 Å². The van der Waals surface area contributed by atoms with Crippen LogP contribution in [0, 0.1) is 5.41 Å². The van der Waals surface area contributed by atoms with Gasteiger partial charge in [-0.15, -0.1) is 0 Å². The van der Waals surface area contributed by atoms with E-state index in [2.05, 4.69) is 41.3 Å². The summed E-state index contributed by atoms with van der Waals surface area (Å²) in [6.07, 6.45) is -1.92. The van der Waals surface area contributed by atoms with Crippen molar-refractivity contribution in [1.29, 1.82) is 0 Å². The number of anilines is 1. The number of unbranched alkanes of at least 4 members (excludes halogenated alkanes) is 4. The molecule has 3 rings (SSSR count). The lowest BCUT2D eigenvalue weighted by atomic mass is 9.87. The number of nitrogens with one attached hydrogen (secondary N) is 2. The van der Waals surface area contributed by atoms with Crippen molar-refractivity contribution in [2.45, 2.75) is 109 Å². The molecular formula is C31H54N7O18P3S. The van der Waals surface area contributed by atoms with E-state index in [0.717, 1.165) is 61.1 Å². The molecule has 60 heavy (non-hydrogen) atoms. The van der Waals surface area contributed by atoms with Gasteiger partial charge < -0.3 is 56.0 Å². The summed E-state index contributed by atoms with van der Waals surface area (Å²) in [7, 11) is -16.4. The van der Waals surface area contributed by atoms with E-state index >= 15 is 0 Å². The van der Waals surface area contributed by atoms with E-state index in [0.29, 0.717) is 6.42 Å². The van der Waals surface area contributed by atoms with Crippen molar-refractivity contribution in [3.05, 3.63) is 12.7 Å². The molecule has 1 aliphatic rings. The smallest absolute Gasteiger partial charge is 0.393 e. The predicted octanol–water partition coefficient (Wildman–Crippen LogP) is 0.776. The Bertz CT molecular complexity index is 1890. The van der Waals surface area contributed by atoms with Crippen molar-refractivity contribution >= 4 is 69.1 Å². The Balaban J connectivity index is 1.42. The van der Waals surface area contributed by atoms with Gasteiger partial charge in [0.15, 0.2) is 22.8 Å². The molecule has 0 aliphatic carbocycles. The summed E-state index contributed by atoms with van der Waals surface area (Å²) in [6, 6.07) is 0. The van der Waals surface area contributed by atoms with Crippen molar-refractivity contribution in [1.82, 2.24) is 30.2 Å². The average Bonchev–Trinajstić information content (AvgIpc) is 3.71. The van der Waals surface area contributed by atoms with Gasteiger partial charge in [-0.2, -0.15) is 4.31 Å². The summed E-state index contributed by atoms with van der Waals surface area (Å²) in [5, 5.41) is 36.3. The molecule has 0 aromatic carbocycles. The standard InChI is InChI=1S/C31H54N7O18P3S/c1-4-5-6-7-8-9-19(39)14-22(41)60-13-12-33-21(40)10-11-34-29(44)26(43)31(2,3)16-53-59(50,51)56-58(48,49)52-15-20-25(55-57(45,46)47)24(42)30(54-20)38-18-37-23-27(32)35-17-36-28(23)38/h17-20,24-26,30,39,42-43H,4-16H2,1-3H3,(H,33,40)(H,34,44)(H,48,49)(H,50,51)(H2,32,35,36)(H2,45,46,47)/t19-,20+,24?,25-,26-,30+/m0/s1. The minimum Gasteiger partial charge on any atom is -0.393 e. The van der Waals surface area contributed by atoms with Gasteiger partial charge in [-0.05, 0) is 6.42 Å². The molecule has 0 spiro atoms. The second kappa shape index (κ2) is 23.3. The number of carbonyl (C=O) groups excluding carboxylic acids is 3. The van der Waals surface area contributed by atoms with E-state index in [4.69, 9.17) is 19.5 Å². The van der Waals surface area contributed by atoms with Gasteiger partial charge >= 0.3 is 23.5 Å². The van der Waals surface area contributed by atoms with Crippen molar-refractivity contribution in [3.8, 4) is 0 Å². The van der Waals surface area contributed by atoms with Crippen molar-refractivity contribution in [2.75, 3.05) is 37.8 Å². The van der Waals surface area contributed by atoms with Crippen LogP contribution in [-0.2, 0) is 50.7 Å². The summed E-state index contributed by atoms with van der Waals surface area (Å²) in [6.45, 7) is 2.50. The van der Waals surface area contributed by atoms with Crippen LogP contribution in [0.2, 0.25) is 0 Å². The molecule has 2 aromatic heterocycles. The molecule has 1 saturated heterocycles. The van der Waals surface area contributed by atoms with E-state index in [1.165, 1.54) is 13.8 Å². The highest BCUT2D eigenvalue weighted by molar-refractivity contribution is 8.13. The number of imidazole rings is 1. The molecule has 342 valence electrons. The Kier molecular flexibility index (Phi) is 20.1. The molecule has 25 nitrogen and oxygen atoms in total. The molecule has 0 saturated carbocycles. The molecule has 3 unspecified atom stereocenters. The second-order valence-corrected chi connectivity index (χ2v) is 19.7. The molecule has 0 radical (unpaired) electrons. The zero-order valence-electron chi connectivity index (χ0n) is 33.0. The van der Waals surface area contributed by atoms with E-state index in [-0.39, 0.29) is 53.8 Å². The lowest BCUT2D eigenvalue weighted by Crippen LogP contribution is -2.46. The van der Waals surface area contributed by atoms with Crippen molar-refractivity contribution in [3.63, 3.8) is 0 Å². The minimum absolute atomic E-state index is 0.0221. The molecular weight excluding hydrogens is 883 g/mol. The lowest BCUT2D eigenvalue weighted by Gasteiger charge is -2.30. The summed E-state index contributed by atoms with van der Waals surface area (Å²) < 4.78 is 62.2. The number of fused-ring (bicyclic) bond motifs is 1. The topological polar surface area (TPSA) is 384 Å². The van der Waals surface area contributed by atoms with Gasteiger partial charge in [-0.25, -0.2) is 28.6 Å². The normalized spacial score (nSPS) is 21.6. The Morgan fingerprint density at radius 1 is 1.00 bits per heavy atom. The van der Waals surface area contributed by atoms with Crippen molar-refractivity contribution in [2.24, 2.45) is 5.41 Å². The summed E-state index contributed by atoms with van der Waals surface area (Å²) >= 11 is 0.986. The minimum atomic E-state index is -5.58. The lowest BCUT2D eigenvalue weighted by molar-refractivity contribution is -0.137. The first-order chi connectivity index (χ1) is 27.9. The Morgan fingerprint density at radius 2 is 1.68 bits per heavy atom. The van der Waals surface area contributed by atoms with Crippen LogP contribution in [0.5, 0.6) is 0 Å². The van der Waals surface area contributed by atoms with E-state index in [1.54, 1.807) is 0 Å². The monoisotopic (exact) mass is 937 g/mol. The highest BCUT2D eigenvalue weighted by Gasteiger charge is 2.50. The number of nitrogen functional groups attached to an aromatic ring is 1. The maximum atomic E-state index is 12.7. The Morgan fingerprint density at radius 3 is 2.37 bits per heavy atom. The first-order valence-corrected chi connectivity index (χ1v) is 24.2.